The van der Waals surface area contributed by atoms with Crippen LogP contribution in [0.2, 0.25) is 0 Å². The molecule has 0 unspecified atom stereocenters. The quantitative estimate of drug-likeness (QED) is 0.554. The Morgan fingerprint density at radius 3 is 2.27 bits per heavy atom. The average molecular weight is 207 g/mol. The van der Waals surface area contributed by atoms with Crippen LogP contribution in [0.25, 0.3) is 0 Å². The third-order valence-corrected chi connectivity index (χ3v) is 1.98. The maximum Gasteiger partial charge on any atom is 0.156 e. The Kier molecular flexibility index (Phi) is 6.43. The zero-order chi connectivity index (χ0) is 11.8. The lowest BCUT2D eigenvalue weighted by molar-refractivity contribution is -0.113. The standard InChI is InChI=1S/C13H21NO/c1-6-13(8-7-10(2)3)14-9-11(4)12(5)15/h6-10,14H,1-5H3/b8-7-,11-9+,13-6+. The summed E-state index contributed by atoms with van der Waals surface area (Å²) < 4.78 is 0. The smallest absolute Gasteiger partial charge is 0.156 e. The van der Waals surface area contributed by atoms with Gasteiger partial charge in [-0.05, 0) is 32.8 Å². The molecule has 0 aromatic heterocycles. The van der Waals surface area contributed by atoms with Crippen LogP contribution in [0.1, 0.15) is 34.6 Å². The Morgan fingerprint density at radius 2 is 1.87 bits per heavy atom. The Hall–Kier alpha value is -1.31. The van der Waals surface area contributed by atoms with E-state index in [-0.39, 0.29) is 5.78 Å². The number of nitrogens with one attached hydrogen (secondary N) is 1. The van der Waals surface area contributed by atoms with Crippen LogP contribution in [-0.2, 0) is 4.79 Å². The van der Waals surface area contributed by atoms with E-state index < -0.39 is 0 Å². The SMILES string of the molecule is C/C=C(\C=C/C(C)C)N/C=C(\C)C(C)=O. The molecular weight excluding hydrogens is 186 g/mol. The molecule has 0 fully saturated rings. The molecule has 0 spiro atoms. The average Bonchev–Trinajstić information content (AvgIpc) is 2.17. The summed E-state index contributed by atoms with van der Waals surface area (Å²) >= 11 is 0. The second-order valence-electron chi connectivity index (χ2n) is 3.88. The number of hydrogen-bond acceptors (Lipinski definition) is 2. The number of carbonyl (C=O) groups excluding carboxylic acids is 1. The van der Waals surface area contributed by atoms with Crippen LogP contribution < -0.4 is 5.32 Å². The molecule has 0 amide bonds. The fourth-order valence-corrected chi connectivity index (χ4v) is 0.817. The van der Waals surface area contributed by atoms with E-state index in [0.29, 0.717) is 5.92 Å². The monoisotopic (exact) mass is 207 g/mol. The van der Waals surface area contributed by atoms with Gasteiger partial charge in [0.2, 0.25) is 0 Å². The molecule has 0 aromatic rings. The van der Waals surface area contributed by atoms with Crippen molar-refractivity contribution in [2.75, 3.05) is 0 Å². The third-order valence-electron chi connectivity index (χ3n) is 1.98. The molecule has 0 bridgehead atoms. The number of ketones is 1. The summed E-state index contributed by atoms with van der Waals surface area (Å²) in [6.07, 6.45) is 7.85. The first kappa shape index (κ1) is 13.7. The summed E-state index contributed by atoms with van der Waals surface area (Å²) in [5, 5.41) is 3.10. The number of hydrogen-bond donors (Lipinski definition) is 1. The van der Waals surface area contributed by atoms with Gasteiger partial charge in [0.05, 0.1) is 0 Å². The highest BCUT2D eigenvalue weighted by Crippen LogP contribution is 2.00. The molecule has 2 nitrogen and oxygen atoms in total. The summed E-state index contributed by atoms with van der Waals surface area (Å²) in [7, 11) is 0. The minimum atomic E-state index is 0.0887. The van der Waals surface area contributed by atoms with Gasteiger partial charge >= 0.3 is 0 Å². The number of allylic oxidation sites excluding steroid dienone is 4. The largest absolute Gasteiger partial charge is 0.362 e. The molecule has 84 valence electrons. The second-order valence-corrected chi connectivity index (χ2v) is 3.88. The molecule has 0 aliphatic carbocycles. The maximum atomic E-state index is 11.0. The second kappa shape index (κ2) is 7.04. The normalized spacial score (nSPS) is 13.7. The molecule has 0 saturated carbocycles. The van der Waals surface area contributed by atoms with Crippen LogP contribution in [0.15, 0.2) is 35.7 Å². The van der Waals surface area contributed by atoms with E-state index >= 15 is 0 Å². The lowest BCUT2D eigenvalue weighted by Gasteiger charge is -2.03. The molecule has 0 aliphatic rings. The lowest BCUT2D eigenvalue weighted by atomic mass is 10.2. The van der Waals surface area contributed by atoms with Crippen LogP contribution in [0.4, 0.5) is 0 Å². The summed E-state index contributed by atoms with van der Waals surface area (Å²) in [5.41, 5.74) is 1.73. The molecule has 2 heteroatoms. The molecule has 0 aromatic carbocycles. The predicted molar refractivity (Wildman–Crippen MR) is 65.3 cm³/mol. The first-order valence-electron chi connectivity index (χ1n) is 5.26. The number of carbonyl (C=O) groups is 1. The first-order valence-corrected chi connectivity index (χ1v) is 5.26. The van der Waals surface area contributed by atoms with Crippen molar-refractivity contribution in [1.82, 2.24) is 5.32 Å². The summed E-state index contributed by atoms with van der Waals surface area (Å²) in [6, 6.07) is 0. The summed E-state index contributed by atoms with van der Waals surface area (Å²) in [4.78, 5) is 11.0. The molecule has 0 atom stereocenters. The molecule has 0 saturated heterocycles. The Morgan fingerprint density at radius 1 is 1.27 bits per heavy atom. The van der Waals surface area contributed by atoms with Gasteiger partial charge in [0.25, 0.3) is 0 Å². The van der Waals surface area contributed by atoms with Gasteiger partial charge in [-0.1, -0.05) is 26.0 Å². The Labute approximate surface area is 92.8 Å². The highest BCUT2D eigenvalue weighted by molar-refractivity contribution is 5.92. The molecular formula is C13H21NO. The zero-order valence-electron chi connectivity index (χ0n) is 10.3. The van der Waals surface area contributed by atoms with Crippen molar-refractivity contribution in [3.05, 3.63) is 35.7 Å². The fraction of sp³-hybridized carbons (Fsp3) is 0.462. The van der Waals surface area contributed by atoms with Crippen molar-refractivity contribution < 1.29 is 4.79 Å². The Balaban J connectivity index is 4.38. The van der Waals surface area contributed by atoms with Gasteiger partial charge in [-0.15, -0.1) is 0 Å². The van der Waals surface area contributed by atoms with Crippen LogP contribution in [0.3, 0.4) is 0 Å². The van der Waals surface area contributed by atoms with Gasteiger partial charge in [-0.2, -0.15) is 0 Å². The molecule has 0 rings (SSSR count). The van der Waals surface area contributed by atoms with Gasteiger partial charge in [-0.25, -0.2) is 0 Å². The maximum absolute atomic E-state index is 11.0. The fourth-order valence-electron chi connectivity index (χ4n) is 0.817. The lowest BCUT2D eigenvalue weighted by Crippen LogP contribution is -2.06. The van der Waals surface area contributed by atoms with Crippen LogP contribution >= 0.6 is 0 Å². The summed E-state index contributed by atoms with van der Waals surface area (Å²) in [5.74, 6) is 0.616. The van der Waals surface area contributed by atoms with Crippen molar-refractivity contribution >= 4 is 5.78 Å². The topological polar surface area (TPSA) is 29.1 Å². The third kappa shape index (κ3) is 6.72. The van der Waals surface area contributed by atoms with Gasteiger partial charge in [-0.3, -0.25) is 4.79 Å². The van der Waals surface area contributed by atoms with Gasteiger partial charge in [0.1, 0.15) is 0 Å². The van der Waals surface area contributed by atoms with E-state index in [0.717, 1.165) is 11.3 Å². The highest BCUT2D eigenvalue weighted by atomic mass is 16.1. The molecule has 15 heavy (non-hydrogen) atoms. The summed E-state index contributed by atoms with van der Waals surface area (Å²) in [6.45, 7) is 9.58. The van der Waals surface area contributed by atoms with Crippen molar-refractivity contribution in [3.63, 3.8) is 0 Å². The Bertz CT molecular complexity index is 296. The number of rotatable bonds is 5. The van der Waals surface area contributed by atoms with Crippen molar-refractivity contribution in [3.8, 4) is 0 Å². The molecule has 0 aliphatic heterocycles. The molecule has 1 N–H and O–H groups in total. The zero-order valence-corrected chi connectivity index (χ0v) is 10.3. The van der Waals surface area contributed by atoms with Crippen molar-refractivity contribution in [2.24, 2.45) is 5.92 Å². The van der Waals surface area contributed by atoms with E-state index in [4.69, 9.17) is 0 Å². The van der Waals surface area contributed by atoms with Crippen molar-refractivity contribution in [1.29, 1.82) is 0 Å². The van der Waals surface area contributed by atoms with E-state index in [1.807, 2.05) is 19.1 Å². The van der Waals surface area contributed by atoms with Gasteiger partial charge < -0.3 is 5.32 Å². The predicted octanol–water partition coefficient (Wildman–Crippen LogP) is 3.18. The minimum absolute atomic E-state index is 0.0887. The van der Waals surface area contributed by atoms with E-state index in [1.54, 1.807) is 20.0 Å². The van der Waals surface area contributed by atoms with E-state index in [2.05, 4.69) is 25.2 Å². The van der Waals surface area contributed by atoms with E-state index in [1.165, 1.54) is 0 Å². The van der Waals surface area contributed by atoms with Gasteiger partial charge in [0, 0.05) is 17.5 Å². The van der Waals surface area contributed by atoms with Crippen molar-refractivity contribution in [2.45, 2.75) is 34.6 Å². The van der Waals surface area contributed by atoms with Crippen LogP contribution in [0, 0.1) is 5.92 Å². The van der Waals surface area contributed by atoms with Gasteiger partial charge in [0.15, 0.2) is 5.78 Å². The first-order chi connectivity index (χ1) is 6.97. The van der Waals surface area contributed by atoms with Crippen LogP contribution in [0.5, 0.6) is 0 Å². The van der Waals surface area contributed by atoms with Crippen LogP contribution in [-0.4, -0.2) is 5.78 Å². The number of Topliss-reactive ketones (excluding diaryl/α,β-unsaturated/α-hetero) is 1. The molecule has 0 heterocycles. The highest BCUT2D eigenvalue weighted by Gasteiger charge is 1.95. The minimum Gasteiger partial charge on any atom is -0.362 e. The van der Waals surface area contributed by atoms with E-state index in [9.17, 15) is 4.79 Å². The molecule has 0 radical (unpaired) electrons.